The summed E-state index contributed by atoms with van der Waals surface area (Å²) in [6.45, 7) is 1.82. The molecule has 1 aliphatic rings. The maximum absolute atomic E-state index is 12.5. The van der Waals surface area contributed by atoms with Crippen LogP contribution >= 0.6 is 0 Å². The van der Waals surface area contributed by atoms with E-state index >= 15 is 0 Å². The Bertz CT molecular complexity index is 408. The molecule has 18 heavy (non-hydrogen) atoms. The van der Waals surface area contributed by atoms with Crippen molar-refractivity contribution in [2.24, 2.45) is 0 Å². The minimum atomic E-state index is -4.38. The molecule has 2 rings (SSSR count). The van der Waals surface area contributed by atoms with Crippen LogP contribution in [0, 0.1) is 0 Å². The van der Waals surface area contributed by atoms with Gasteiger partial charge in [-0.25, -0.2) is 0 Å². The fourth-order valence-corrected chi connectivity index (χ4v) is 2.09. The Morgan fingerprint density at radius 3 is 2.89 bits per heavy atom. The van der Waals surface area contributed by atoms with E-state index in [1.807, 2.05) is 7.05 Å². The lowest BCUT2D eigenvalue weighted by Gasteiger charge is -2.30. The van der Waals surface area contributed by atoms with E-state index in [9.17, 15) is 13.2 Å². The molecule has 1 aromatic heterocycles. The highest BCUT2D eigenvalue weighted by atomic mass is 19.4. The maximum Gasteiger partial charge on any atom is 0.418 e. The standard InChI is InChI=1S/C11H15F3N4/c1-18-4-2-3-9(7-18)16-10-5-8(6-15-17-10)11(12,13)14/h5-6,9H,2-4,7H2,1H3,(H,16,17). The van der Waals surface area contributed by atoms with Gasteiger partial charge in [0, 0.05) is 12.6 Å². The second-order valence-corrected chi connectivity index (χ2v) is 4.57. The summed E-state index contributed by atoms with van der Waals surface area (Å²) in [5.74, 6) is 0.185. The van der Waals surface area contributed by atoms with Crippen LogP contribution in [0.25, 0.3) is 0 Å². The molecule has 7 heteroatoms. The number of piperidine rings is 1. The van der Waals surface area contributed by atoms with Crippen LogP contribution in [0.2, 0.25) is 0 Å². The Morgan fingerprint density at radius 2 is 2.22 bits per heavy atom. The van der Waals surface area contributed by atoms with Gasteiger partial charge in [0.15, 0.2) is 0 Å². The first kappa shape index (κ1) is 13.1. The Balaban J connectivity index is 2.05. The van der Waals surface area contributed by atoms with Crippen molar-refractivity contribution >= 4 is 5.82 Å². The molecule has 1 atom stereocenters. The van der Waals surface area contributed by atoms with E-state index in [2.05, 4.69) is 20.4 Å². The first-order valence-electron chi connectivity index (χ1n) is 5.80. The molecule has 0 aliphatic carbocycles. The summed E-state index contributed by atoms with van der Waals surface area (Å²) in [5, 5.41) is 10.1. The second-order valence-electron chi connectivity index (χ2n) is 4.57. The van der Waals surface area contributed by atoms with Crippen molar-refractivity contribution < 1.29 is 13.2 Å². The number of rotatable bonds is 2. The number of aromatic nitrogens is 2. The van der Waals surface area contributed by atoms with Crippen LogP contribution in [-0.2, 0) is 6.18 Å². The molecule has 0 bridgehead atoms. The van der Waals surface area contributed by atoms with Crippen molar-refractivity contribution in [1.82, 2.24) is 15.1 Å². The minimum absolute atomic E-state index is 0.126. The molecule has 2 heterocycles. The minimum Gasteiger partial charge on any atom is -0.365 e. The summed E-state index contributed by atoms with van der Waals surface area (Å²) >= 11 is 0. The van der Waals surface area contributed by atoms with Crippen molar-refractivity contribution in [3.8, 4) is 0 Å². The quantitative estimate of drug-likeness (QED) is 0.883. The number of alkyl halides is 3. The average Bonchev–Trinajstić information content (AvgIpc) is 2.28. The van der Waals surface area contributed by atoms with Gasteiger partial charge >= 0.3 is 6.18 Å². The van der Waals surface area contributed by atoms with Gasteiger partial charge in [-0.3, -0.25) is 0 Å². The lowest BCUT2D eigenvalue weighted by Crippen LogP contribution is -2.40. The molecule has 100 valence electrons. The predicted molar refractivity (Wildman–Crippen MR) is 61.2 cm³/mol. The molecule has 0 aromatic carbocycles. The topological polar surface area (TPSA) is 41.0 Å². The van der Waals surface area contributed by atoms with E-state index in [1.165, 1.54) is 0 Å². The van der Waals surface area contributed by atoms with Crippen molar-refractivity contribution in [2.75, 3.05) is 25.5 Å². The highest BCUT2D eigenvalue weighted by Gasteiger charge is 2.31. The first-order chi connectivity index (χ1) is 8.45. The lowest BCUT2D eigenvalue weighted by atomic mass is 10.1. The van der Waals surface area contributed by atoms with Gasteiger partial charge < -0.3 is 10.2 Å². The summed E-state index contributed by atoms with van der Waals surface area (Å²) < 4.78 is 37.5. The van der Waals surface area contributed by atoms with Crippen LogP contribution in [0.1, 0.15) is 18.4 Å². The number of likely N-dealkylation sites (N-methyl/N-ethyl adjacent to an activating group) is 1. The summed E-state index contributed by atoms with van der Waals surface area (Å²) in [6, 6.07) is 1.13. The zero-order chi connectivity index (χ0) is 13.2. The van der Waals surface area contributed by atoms with Crippen molar-refractivity contribution in [3.63, 3.8) is 0 Å². The molecule has 4 nitrogen and oxygen atoms in total. The van der Waals surface area contributed by atoms with Crippen molar-refractivity contribution in [2.45, 2.75) is 25.1 Å². The normalized spacial score (nSPS) is 21.9. The van der Waals surface area contributed by atoms with Crippen LogP contribution in [0.4, 0.5) is 19.0 Å². The third-order valence-corrected chi connectivity index (χ3v) is 2.96. The summed E-state index contributed by atoms with van der Waals surface area (Å²) in [5.41, 5.74) is -0.774. The molecule has 0 amide bonds. The van der Waals surface area contributed by atoms with Crippen LogP contribution < -0.4 is 5.32 Å². The van der Waals surface area contributed by atoms with Crippen LogP contribution in [-0.4, -0.2) is 41.3 Å². The molecule has 1 N–H and O–H groups in total. The number of hydrogen-bond acceptors (Lipinski definition) is 4. The molecular weight excluding hydrogens is 245 g/mol. The fraction of sp³-hybridized carbons (Fsp3) is 0.636. The van der Waals surface area contributed by atoms with Gasteiger partial charge in [0.2, 0.25) is 0 Å². The van der Waals surface area contributed by atoms with Gasteiger partial charge in [-0.05, 0) is 32.5 Å². The zero-order valence-electron chi connectivity index (χ0n) is 10.0. The SMILES string of the molecule is CN1CCCC(Nc2cc(C(F)(F)F)cnn2)C1. The van der Waals surface area contributed by atoms with E-state index < -0.39 is 11.7 Å². The summed E-state index contributed by atoms with van der Waals surface area (Å²) in [6.07, 6.45) is -1.68. The van der Waals surface area contributed by atoms with E-state index in [4.69, 9.17) is 0 Å². The monoisotopic (exact) mass is 260 g/mol. The van der Waals surface area contributed by atoms with Gasteiger partial charge in [-0.1, -0.05) is 0 Å². The van der Waals surface area contributed by atoms with E-state index in [0.717, 1.165) is 38.2 Å². The van der Waals surface area contributed by atoms with Gasteiger partial charge in [0.1, 0.15) is 5.82 Å². The van der Waals surface area contributed by atoms with Crippen molar-refractivity contribution in [1.29, 1.82) is 0 Å². The number of nitrogens with zero attached hydrogens (tertiary/aromatic N) is 3. The largest absolute Gasteiger partial charge is 0.418 e. The van der Waals surface area contributed by atoms with Crippen LogP contribution in [0.5, 0.6) is 0 Å². The van der Waals surface area contributed by atoms with E-state index in [-0.39, 0.29) is 11.9 Å². The number of likely N-dealkylation sites (tertiary alicyclic amines) is 1. The maximum atomic E-state index is 12.5. The third-order valence-electron chi connectivity index (χ3n) is 2.96. The number of anilines is 1. The van der Waals surface area contributed by atoms with Gasteiger partial charge in [0.05, 0.1) is 11.8 Å². The molecule has 1 fully saturated rings. The Labute approximate surface area is 103 Å². The Kier molecular flexibility index (Phi) is 3.70. The Hall–Kier alpha value is -1.37. The molecule has 1 unspecified atom stereocenters. The van der Waals surface area contributed by atoms with Crippen LogP contribution in [0.15, 0.2) is 12.3 Å². The fourth-order valence-electron chi connectivity index (χ4n) is 2.09. The second kappa shape index (κ2) is 5.09. The molecule has 0 spiro atoms. The summed E-state index contributed by atoms with van der Waals surface area (Å²) in [4.78, 5) is 2.14. The van der Waals surface area contributed by atoms with Crippen LogP contribution in [0.3, 0.4) is 0 Å². The van der Waals surface area contributed by atoms with Gasteiger partial charge in [0.25, 0.3) is 0 Å². The Morgan fingerprint density at radius 1 is 1.44 bits per heavy atom. The molecule has 0 radical (unpaired) electrons. The average molecular weight is 260 g/mol. The third kappa shape index (κ3) is 3.32. The lowest BCUT2D eigenvalue weighted by molar-refractivity contribution is -0.137. The number of nitrogens with one attached hydrogen (secondary N) is 1. The number of halogens is 3. The zero-order valence-corrected chi connectivity index (χ0v) is 10.0. The molecular formula is C11H15F3N4. The molecule has 1 aromatic rings. The predicted octanol–water partition coefficient (Wildman–Crippen LogP) is 2.00. The van der Waals surface area contributed by atoms with E-state index in [1.54, 1.807) is 0 Å². The van der Waals surface area contributed by atoms with Crippen molar-refractivity contribution in [3.05, 3.63) is 17.8 Å². The molecule has 1 saturated heterocycles. The van der Waals surface area contributed by atoms with Gasteiger partial charge in [-0.15, -0.1) is 5.10 Å². The highest BCUT2D eigenvalue weighted by Crippen LogP contribution is 2.29. The molecule has 1 aliphatic heterocycles. The van der Waals surface area contributed by atoms with Gasteiger partial charge in [-0.2, -0.15) is 18.3 Å². The summed E-state index contributed by atoms with van der Waals surface area (Å²) in [7, 11) is 1.99. The highest BCUT2D eigenvalue weighted by molar-refractivity contribution is 5.37. The van der Waals surface area contributed by atoms with E-state index in [0.29, 0.717) is 0 Å². The molecule has 0 saturated carbocycles. The number of hydrogen-bond donors (Lipinski definition) is 1. The smallest absolute Gasteiger partial charge is 0.365 e. The first-order valence-corrected chi connectivity index (χ1v) is 5.80.